The average molecular weight is 322 g/mol. The van der Waals surface area contributed by atoms with Gasteiger partial charge >= 0.3 is 0 Å². The van der Waals surface area contributed by atoms with Gasteiger partial charge < -0.3 is 4.74 Å². The summed E-state index contributed by atoms with van der Waals surface area (Å²) < 4.78 is 5.92. The first-order chi connectivity index (χ1) is 10.6. The van der Waals surface area contributed by atoms with Crippen molar-refractivity contribution in [2.24, 2.45) is 0 Å². The zero-order chi connectivity index (χ0) is 15.9. The van der Waals surface area contributed by atoms with Crippen molar-refractivity contribution in [3.8, 4) is 5.75 Å². The van der Waals surface area contributed by atoms with Gasteiger partial charge in [-0.2, -0.15) is 0 Å². The molecule has 2 unspecified atom stereocenters. The standard InChI is InChI=1S/C18H21NO3.Na/c1-13(12-18(20)19-21)15-8-10-17(11-9-15)22-14(2)16-6-4-3-5-7-16;/h3-11,13-14,21H,12H2,1-2H3,(H,19,20);. The SMILES string of the molecule is CC(CC(=O)NO)c1ccc(OC(C)c2ccccc2)cc1.[Na]. The number of carbonyl (C=O) groups is 1. The molecule has 0 saturated heterocycles. The van der Waals surface area contributed by atoms with E-state index in [1.54, 1.807) is 5.48 Å². The summed E-state index contributed by atoms with van der Waals surface area (Å²) in [5.41, 5.74) is 3.81. The molecule has 5 heteroatoms. The quantitative estimate of drug-likeness (QED) is 0.486. The molecule has 0 aromatic heterocycles. The van der Waals surface area contributed by atoms with Crippen molar-refractivity contribution in [2.75, 3.05) is 0 Å². The molecule has 0 saturated carbocycles. The van der Waals surface area contributed by atoms with Crippen molar-refractivity contribution in [3.63, 3.8) is 0 Å². The van der Waals surface area contributed by atoms with Crippen LogP contribution in [0.5, 0.6) is 5.75 Å². The van der Waals surface area contributed by atoms with Gasteiger partial charge in [0.2, 0.25) is 5.91 Å². The summed E-state index contributed by atoms with van der Waals surface area (Å²) in [4.78, 5) is 11.2. The predicted octanol–water partition coefficient (Wildman–Crippen LogP) is 3.44. The Morgan fingerprint density at radius 2 is 1.65 bits per heavy atom. The van der Waals surface area contributed by atoms with Crippen molar-refractivity contribution in [1.29, 1.82) is 0 Å². The summed E-state index contributed by atoms with van der Waals surface area (Å²) in [6, 6.07) is 17.7. The van der Waals surface area contributed by atoms with E-state index in [0.717, 1.165) is 16.9 Å². The smallest absolute Gasteiger partial charge is 0.243 e. The van der Waals surface area contributed by atoms with Crippen molar-refractivity contribution in [3.05, 3.63) is 65.7 Å². The largest absolute Gasteiger partial charge is 0.486 e. The van der Waals surface area contributed by atoms with Crippen LogP contribution in [0, 0.1) is 0 Å². The van der Waals surface area contributed by atoms with Crippen LogP contribution in [0.2, 0.25) is 0 Å². The second kappa shape index (κ2) is 9.73. The molecule has 1 amide bonds. The van der Waals surface area contributed by atoms with Gasteiger partial charge in [-0.05, 0) is 36.1 Å². The third-order valence-electron chi connectivity index (χ3n) is 3.65. The molecule has 2 aromatic rings. The summed E-state index contributed by atoms with van der Waals surface area (Å²) in [5, 5.41) is 8.56. The Balaban J connectivity index is 0.00000264. The minimum absolute atomic E-state index is 0. The zero-order valence-electron chi connectivity index (χ0n) is 13.8. The molecule has 0 spiro atoms. The summed E-state index contributed by atoms with van der Waals surface area (Å²) in [5.74, 6) is 0.442. The number of ether oxygens (including phenoxy) is 1. The number of hydrogen-bond acceptors (Lipinski definition) is 3. The average Bonchev–Trinajstić information content (AvgIpc) is 2.56. The van der Waals surface area contributed by atoms with Crippen LogP contribution in [0.1, 0.15) is 43.4 Å². The number of amides is 1. The fourth-order valence-electron chi connectivity index (χ4n) is 2.31. The van der Waals surface area contributed by atoms with E-state index in [2.05, 4.69) is 0 Å². The maximum absolute atomic E-state index is 11.2. The Labute approximate surface area is 159 Å². The number of hydrogen-bond donors (Lipinski definition) is 2. The molecule has 2 atom stereocenters. The summed E-state index contributed by atoms with van der Waals surface area (Å²) in [6.45, 7) is 3.95. The van der Waals surface area contributed by atoms with Crippen LogP contribution in [-0.4, -0.2) is 40.7 Å². The van der Waals surface area contributed by atoms with Gasteiger partial charge in [0.15, 0.2) is 0 Å². The molecule has 0 heterocycles. The van der Waals surface area contributed by atoms with Crippen LogP contribution in [0.3, 0.4) is 0 Å². The van der Waals surface area contributed by atoms with Crippen LogP contribution >= 0.6 is 0 Å². The molecule has 0 aliphatic heterocycles. The second-order valence-electron chi connectivity index (χ2n) is 5.38. The molecule has 2 aromatic carbocycles. The van der Waals surface area contributed by atoms with Gasteiger partial charge in [0.05, 0.1) is 0 Å². The fraction of sp³-hybridized carbons (Fsp3) is 0.278. The molecule has 0 fully saturated rings. The minimum Gasteiger partial charge on any atom is -0.486 e. The molecular formula is C18H21NNaO3. The van der Waals surface area contributed by atoms with Crippen molar-refractivity contribution < 1.29 is 14.7 Å². The third-order valence-corrected chi connectivity index (χ3v) is 3.65. The van der Waals surface area contributed by atoms with Crippen LogP contribution in [0.4, 0.5) is 0 Å². The Morgan fingerprint density at radius 3 is 2.22 bits per heavy atom. The molecule has 1 radical (unpaired) electrons. The summed E-state index contributed by atoms with van der Waals surface area (Å²) in [6.07, 6.45) is 0.224. The van der Waals surface area contributed by atoms with Gasteiger partial charge in [0, 0.05) is 36.0 Å². The number of hydroxylamine groups is 1. The van der Waals surface area contributed by atoms with Crippen LogP contribution < -0.4 is 10.2 Å². The topological polar surface area (TPSA) is 58.6 Å². The summed E-state index contributed by atoms with van der Waals surface area (Å²) >= 11 is 0. The van der Waals surface area contributed by atoms with E-state index >= 15 is 0 Å². The fourth-order valence-corrected chi connectivity index (χ4v) is 2.31. The number of rotatable bonds is 6. The van der Waals surface area contributed by atoms with Gasteiger partial charge in [-0.3, -0.25) is 10.0 Å². The van der Waals surface area contributed by atoms with E-state index in [1.807, 2.05) is 68.4 Å². The Kier molecular flexibility index (Phi) is 8.34. The number of benzene rings is 2. The predicted molar refractivity (Wildman–Crippen MR) is 90.6 cm³/mol. The Hall–Kier alpha value is -1.33. The van der Waals surface area contributed by atoms with Crippen LogP contribution in [0.15, 0.2) is 54.6 Å². The first-order valence-corrected chi connectivity index (χ1v) is 7.34. The summed E-state index contributed by atoms with van der Waals surface area (Å²) in [7, 11) is 0. The molecular weight excluding hydrogens is 301 g/mol. The zero-order valence-corrected chi connectivity index (χ0v) is 15.8. The molecule has 23 heavy (non-hydrogen) atoms. The van der Waals surface area contributed by atoms with E-state index in [4.69, 9.17) is 9.94 Å². The first-order valence-electron chi connectivity index (χ1n) is 7.34. The molecule has 2 N–H and O–H groups in total. The maximum atomic E-state index is 11.2. The molecule has 117 valence electrons. The van der Waals surface area contributed by atoms with Crippen LogP contribution in [-0.2, 0) is 4.79 Å². The van der Waals surface area contributed by atoms with Crippen LogP contribution in [0.25, 0.3) is 0 Å². The molecule has 0 aliphatic carbocycles. The van der Waals surface area contributed by atoms with E-state index in [-0.39, 0.29) is 53.9 Å². The van der Waals surface area contributed by atoms with Gasteiger partial charge in [-0.25, -0.2) is 5.48 Å². The normalized spacial score (nSPS) is 12.7. The third kappa shape index (κ3) is 5.99. The van der Waals surface area contributed by atoms with E-state index in [1.165, 1.54) is 0 Å². The Morgan fingerprint density at radius 1 is 1.04 bits per heavy atom. The van der Waals surface area contributed by atoms with E-state index in [9.17, 15) is 4.79 Å². The van der Waals surface area contributed by atoms with Crippen molar-refractivity contribution >= 4 is 35.5 Å². The molecule has 2 rings (SSSR count). The molecule has 0 aliphatic rings. The Bertz CT molecular complexity index is 601. The van der Waals surface area contributed by atoms with Crippen molar-refractivity contribution in [2.45, 2.75) is 32.3 Å². The second-order valence-corrected chi connectivity index (χ2v) is 5.38. The van der Waals surface area contributed by atoms with Gasteiger partial charge in [-0.15, -0.1) is 0 Å². The maximum Gasteiger partial charge on any atom is 0.243 e. The number of carbonyl (C=O) groups excluding carboxylic acids is 1. The monoisotopic (exact) mass is 322 g/mol. The van der Waals surface area contributed by atoms with Gasteiger partial charge in [0.1, 0.15) is 11.9 Å². The first kappa shape index (κ1) is 19.7. The van der Waals surface area contributed by atoms with Crippen molar-refractivity contribution in [1.82, 2.24) is 5.48 Å². The van der Waals surface area contributed by atoms with E-state index < -0.39 is 0 Å². The molecule has 4 nitrogen and oxygen atoms in total. The van der Waals surface area contributed by atoms with Gasteiger partial charge in [0.25, 0.3) is 0 Å². The van der Waals surface area contributed by atoms with Gasteiger partial charge in [-0.1, -0.05) is 49.4 Å². The molecule has 0 bridgehead atoms. The minimum atomic E-state index is -0.384. The number of nitrogens with one attached hydrogen (secondary N) is 1. The van der Waals surface area contributed by atoms with E-state index in [0.29, 0.717) is 0 Å².